The van der Waals surface area contributed by atoms with Crippen LogP contribution < -0.4 is 5.32 Å². The fourth-order valence-electron chi connectivity index (χ4n) is 1.64. The Bertz CT molecular complexity index is 337. The molecule has 1 heterocycles. The Morgan fingerprint density at radius 3 is 2.56 bits per heavy atom. The number of rotatable bonds is 5. The average Bonchev–Trinajstić information content (AvgIpc) is 2.57. The highest BCUT2D eigenvalue weighted by Gasteiger charge is 2.16. The van der Waals surface area contributed by atoms with E-state index < -0.39 is 0 Å². The molecule has 1 aromatic heterocycles. The number of hydrogen-bond donors (Lipinski definition) is 1. The van der Waals surface area contributed by atoms with E-state index in [4.69, 9.17) is 0 Å². The third-order valence-corrected chi connectivity index (χ3v) is 3.13. The molecule has 0 atom stereocenters. The lowest BCUT2D eigenvalue weighted by Crippen LogP contribution is -2.37. The summed E-state index contributed by atoms with van der Waals surface area (Å²) in [4.78, 5) is 0. The molecule has 0 saturated heterocycles. The predicted molar refractivity (Wildman–Crippen MR) is 68.5 cm³/mol. The van der Waals surface area contributed by atoms with E-state index in [1.807, 2.05) is 11.7 Å². The van der Waals surface area contributed by atoms with Crippen LogP contribution in [0.2, 0.25) is 0 Å². The van der Waals surface area contributed by atoms with E-state index in [9.17, 15) is 0 Å². The first kappa shape index (κ1) is 13.2. The molecular formula is C13H25N3. The third kappa shape index (κ3) is 3.34. The van der Waals surface area contributed by atoms with Crippen LogP contribution in [0.3, 0.4) is 0 Å². The minimum atomic E-state index is 0.199. The van der Waals surface area contributed by atoms with Gasteiger partial charge in [0.05, 0.1) is 5.69 Å². The Hall–Kier alpha value is -0.830. The van der Waals surface area contributed by atoms with Gasteiger partial charge in [-0.2, -0.15) is 5.10 Å². The van der Waals surface area contributed by atoms with E-state index in [1.54, 1.807) is 0 Å². The molecule has 0 spiro atoms. The molecule has 0 bridgehead atoms. The molecule has 1 aromatic rings. The molecule has 0 unspecified atom stereocenters. The zero-order chi connectivity index (χ0) is 12.3. The largest absolute Gasteiger partial charge is 0.308 e. The van der Waals surface area contributed by atoms with Crippen LogP contribution in [-0.2, 0) is 13.6 Å². The highest BCUT2D eigenvalue weighted by molar-refractivity contribution is 5.20. The lowest BCUT2D eigenvalue weighted by molar-refractivity contribution is 0.373. The second kappa shape index (κ2) is 5.00. The molecule has 92 valence electrons. The molecule has 0 fully saturated rings. The highest BCUT2D eigenvalue weighted by Crippen LogP contribution is 2.18. The molecule has 0 radical (unpaired) electrons. The molecule has 0 aliphatic rings. The monoisotopic (exact) mass is 223 g/mol. The lowest BCUT2D eigenvalue weighted by Gasteiger charge is -2.24. The third-order valence-electron chi connectivity index (χ3n) is 3.13. The van der Waals surface area contributed by atoms with E-state index in [-0.39, 0.29) is 5.54 Å². The van der Waals surface area contributed by atoms with Gasteiger partial charge >= 0.3 is 0 Å². The smallest absolute Gasteiger partial charge is 0.0694 e. The second-order valence-electron chi connectivity index (χ2n) is 5.46. The van der Waals surface area contributed by atoms with Gasteiger partial charge in [-0.05, 0) is 26.2 Å². The highest BCUT2D eigenvalue weighted by atomic mass is 15.3. The molecule has 3 heteroatoms. The van der Waals surface area contributed by atoms with Crippen LogP contribution in [0.15, 0.2) is 6.20 Å². The Labute approximate surface area is 99.2 Å². The van der Waals surface area contributed by atoms with Crippen LogP contribution in [0.4, 0.5) is 0 Å². The van der Waals surface area contributed by atoms with E-state index in [2.05, 4.69) is 51.2 Å². The standard InChI is InChI=1S/C13H25N3/c1-7-13(4,5)14-8-11-9-16(6)15-12(11)10(2)3/h9-10,14H,7-8H2,1-6H3. The van der Waals surface area contributed by atoms with Gasteiger partial charge < -0.3 is 5.32 Å². The number of hydrogen-bond acceptors (Lipinski definition) is 2. The van der Waals surface area contributed by atoms with Gasteiger partial charge in [0, 0.05) is 30.9 Å². The molecule has 1 N–H and O–H groups in total. The van der Waals surface area contributed by atoms with Gasteiger partial charge in [0.1, 0.15) is 0 Å². The van der Waals surface area contributed by atoms with Gasteiger partial charge in [-0.3, -0.25) is 4.68 Å². The summed E-state index contributed by atoms with van der Waals surface area (Å²) in [7, 11) is 1.99. The van der Waals surface area contributed by atoms with Crippen molar-refractivity contribution in [3.63, 3.8) is 0 Å². The van der Waals surface area contributed by atoms with Gasteiger partial charge in [-0.15, -0.1) is 0 Å². The summed E-state index contributed by atoms with van der Waals surface area (Å²) in [6.45, 7) is 12.0. The maximum absolute atomic E-state index is 4.51. The summed E-state index contributed by atoms with van der Waals surface area (Å²) in [6.07, 6.45) is 3.25. The Morgan fingerprint density at radius 2 is 2.06 bits per heavy atom. The summed E-state index contributed by atoms with van der Waals surface area (Å²) in [6, 6.07) is 0. The molecule has 0 saturated carbocycles. The van der Waals surface area contributed by atoms with E-state index in [1.165, 1.54) is 11.3 Å². The van der Waals surface area contributed by atoms with Gasteiger partial charge in [0.15, 0.2) is 0 Å². The summed E-state index contributed by atoms with van der Waals surface area (Å²) in [5.41, 5.74) is 2.73. The number of nitrogens with one attached hydrogen (secondary N) is 1. The fraction of sp³-hybridized carbons (Fsp3) is 0.769. The zero-order valence-corrected chi connectivity index (χ0v) is 11.5. The number of aromatic nitrogens is 2. The van der Waals surface area contributed by atoms with Gasteiger partial charge in [0.2, 0.25) is 0 Å². The molecule has 0 amide bonds. The molecule has 3 nitrogen and oxygen atoms in total. The summed E-state index contributed by atoms with van der Waals surface area (Å²) in [5.74, 6) is 0.489. The van der Waals surface area contributed by atoms with Crippen molar-refractivity contribution >= 4 is 0 Å². The maximum atomic E-state index is 4.51. The Balaban J connectivity index is 2.73. The summed E-state index contributed by atoms with van der Waals surface area (Å²) < 4.78 is 1.91. The number of nitrogens with zero attached hydrogens (tertiary/aromatic N) is 2. The van der Waals surface area contributed by atoms with Crippen LogP contribution in [-0.4, -0.2) is 15.3 Å². The van der Waals surface area contributed by atoms with E-state index >= 15 is 0 Å². The van der Waals surface area contributed by atoms with Crippen molar-refractivity contribution in [3.8, 4) is 0 Å². The normalized spacial score (nSPS) is 12.4. The van der Waals surface area contributed by atoms with Crippen LogP contribution in [0, 0.1) is 0 Å². The first-order valence-electron chi connectivity index (χ1n) is 6.13. The SMILES string of the molecule is CCC(C)(C)NCc1cn(C)nc1C(C)C. The minimum absolute atomic E-state index is 0.199. The average molecular weight is 223 g/mol. The van der Waals surface area contributed by atoms with Crippen molar-refractivity contribution in [1.29, 1.82) is 0 Å². The van der Waals surface area contributed by atoms with Gasteiger partial charge in [-0.25, -0.2) is 0 Å². The first-order chi connectivity index (χ1) is 7.35. The van der Waals surface area contributed by atoms with Crippen molar-refractivity contribution in [2.75, 3.05) is 0 Å². The Kier molecular flexibility index (Phi) is 4.14. The van der Waals surface area contributed by atoms with Crippen molar-refractivity contribution in [1.82, 2.24) is 15.1 Å². The molecule has 16 heavy (non-hydrogen) atoms. The summed E-state index contributed by atoms with van der Waals surface area (Å²) >= 11 is 0. The van der Waals surface area contributed by atoms with Crippen LogP contribution in [0.1, 0.15) is 58.2 Å². The van der Waals surface area contributed by atoms with Crippen LogP contribution in [0.25, 0.3) is 0 Å². The van der Waals surface area contributed by atoms with Crippen molar-refractivity contribution < 1.29 is 0 Å². The molecule has 0 aliphatic heterocycles. The molecular weight excluding hydrogens is 198 g/mol. The lowest BCUT2D eigenvalue weighted by atomic mass is 10.0. The first-order valence-corrected chi connectivity index (χ1v) is 6.13. The van der Waals surface area contributed by atoms with Crippen molar-refractivity contribution in [3.05, 3.63) is 17.5 Å². The van der Waals surface area contributed by atoms with Gasteiger partial charge in [0.25, 0.3) is 0 Å². The van der Waals surface area contributed by atoms with Crippen LogP contribution in [0.5, 0.6) is 0 Å². The van der Waals surface area contributed by atoms with E-state index in [0.717, 1.165) is 13.0 Å². The van der Waals surface area contributed by atoms with E-state index in [0.29, 0.717) is 5.92 Å². The molecule has 1 rings (SSSR count). The molecule has 0 aromatic carbocycles. The quantitative estimate of drug-likeness (QED) is 0.832. The topological polar surface area (TPSA) is 29.9 Å². The Morgan fingerprint density at radius 1 is 1.44 bits per heavy atom. The fourth-order valence-corrected chi connectivity index (χ4v) is 1.64. The zero-order valence-electron chi connectivity index (χ0n) is 11.5. The summed E-state index contributed by atoms with van der Waals surface area (Å²) in [5, 5.41) is 8.09. The van der Waals surface area contributed by atoms with Crippen LogP contribution >= 0.6 is 0 Å². The van der Waals surface area contributed by atoms with Gasteiger partial charge in [-0.1, -0.05) is 20.8 Å². The second-order valence-corrected chi connectivity index (χ2v) is 5.46. The maximum Gasteiger partial charge on any atom is 0.0694 e. The molecule has 0 aliphatic carbocycles. The number of aryl methyl sites for hydroxylation is 1. The van der Waals surface area contributed by atoms with Crippen molar-refractivity contribution in [2.24, 2.45) is 7.05 Å². The predicted octanol–water partition coefficient (Wildman–Crippen LogP) is 2.82. The van der Waals surface area contributed by atoms with Crippen molar-refractivity contribution in [2.45, 2.75) is 59.0 Å². The minimum Gasteiger partial charge on any atom is -0.308 e.